The summed E-state index contributed by atoms with van der Waals surface area (Å²) >= 11 is 3.79. The molecular weight excluding hydrogens is 412 g/mol. The van der Waals surface area contributed by atoms with Crippen molar-refractivity contribution in [3.8, 4) is 0 Å². The molecule has 146 valence electrons. The van der Waals surface area contributed by atoms with Crippen LogP contribution >= 0.6 is 15.9 Å². The smallest absolute Gasteiger partial charge is 0.258 e. The average Bonchev–Trinajstić information content (AvgIpc) is 2.70. The van der Waals surface area contributed by atoms with Crippen molar-refractivity contribution in [1.29, 1.82) is 0 Å². The highest BCUT2D eigenvalue weighted by Gasteiger charge is 2.50. The Morgan fingerprint density at radius 2 is 1.41 bits per heavy atom. The lowest BCUT2D eigenvalue weighted by Gasteiger charge is -2.44. The fraction of sp³-hybridized carbons (Fsp3) is 0.500. The van der Waals surface area contributed by atoms with E-state index in [1.165, 1.54) is 32.1 Å². The molecule has 2 aromatic rings. The van der Waals surface area contributed by atoms with Gasteiger partial charge < -0.3 is 4.80 Å². The summed E-state index contributed by atoms with van der Waals surface area (Å²) in [6.07, 6.45) is 7.37. The van der Waals surface area contributed by atoms with E-state index in [4.69, 9.17) is 0 Å². The van der Waals surface area contributed by atoms with Crippen molar-refractivity contribution < 1.29 is 4.80 Å². The molecule has 2 aromatic carbocycles. The molecule has 0 atom stereocenters. The van der Waals surface area contributed by atoms with Gasteiger partial charge in [0.1, 0.15) is 0 Å². The predicted molar refractivity (Wildman–Crippen MR) is 123 cm³/mol. The molecule has 0 unspecified atom stereocenters. The van der Waals surface area contributed by atoms with Gasteiger partial charge in [-0.2, -0.15) is 0 Å². The zero-order valence-corrected chi connectivity index (χ0v) is 19.5. The van der Waals surface area contributed by atoms with Crippen LogP contribution in [-0.4, -0.2) is 17.9 Å². The number of halogens is 1. The van der Waals surface area contributed by atoms with E-state index in [-0.39, 0.29) is 5.04 Å². The SMILES string of the molecule is CC1(CCC(C)(C)[Si](O)(c2ccccc2)c2ccccc2)CCC(Br)CC1. The van der Waals surface area contributed by atoms with Crippen LogP contribution in [0.3, 0.4) is 0 Å². The first-order valence-corrected chi connectivity index (χ1v) is 13.1. The second kappa shape index (κ2) is 8.22. The van der Waals surface area contributed by atoms with Gasteiger partial charge in [0.2, 0.25) is 0 Å². The third-order valence-electron chi connectivity index (χ3n) is 6.84. The molecule has 0 radical (unpaired) electrons. The molecule has 0 aromatic heterocycles. The quantitative estimate of drug-likeness (QED) is 0.451. The maximum atomic E-state index is 12.3. The molecule has 1 aliphatic carbocycles. The molecule has 3 rings (SSSR count). The normalized spacial score (nSPS) is 24.0. The molecule has 0 spiro atoms. The van der Waals surface area contributed by atoms with Crippen LogP contribution < -0.4 is 10.4 Å². The number of alkyl halides is 1. The zero-order valence-electron chi connectivity index (χ0n) is 16.9. The number of hydrogen-bond donors (Lipinski definition) is 1. The Morgan fingerprint density at radius 1 is 0.963 bits per heavy atom. The second-order valence-electron chi connectivity index (χ2n) is 9.31. The lowest BCUT2D eigenvalue weighted by atomic mass is 9.72. The largest absolute Gasteiger partial charge is 0.424 e. The van der Waals surface area contributed by atoms with Gasteiger partial charge in [-0.05, 0) is 59.4 Å². The summed E-state index contributed by atoms with van der Waals surface area (Å²) in [5, 5.41) is 2.11. The standard InChI is InChI=1S/C24H33BrOSi/c1-23(2,18-19-24(3)16-14-20(25)15-17-24)27(26,21-10-6-4-7-11-21)22-12-8-5-9-13-22/h4-13,20,26H,14-19H2,1-3H3. The average molecular weight is 446 g/mol. The van der Waals surface area contributed by atoms with Gasteiger partial charge in [0.25, 0.3) is 8.32 Å². The molecule has 1 fully saturated rings. The fourth-order valence-electron chi connectivity index (χ4n) is 4.63. The minimum absolute atomic E-state index is 0.135. The van der Waals surface area contributed by atoms with Crippen molar-refractivity contribution in [3.63, 3.8) is 0 Å². The summed E-state index contributed by atoms with van der Waals surface area (Å²) in [6.45, 7) is 7.03. The molecule has 0 saturated heterocycles. The van der Waals surface area contributed by atoms with Crippen LogP contribution in [0.15, 0.2) is 60.7 Å². The monoisotopic (exact) mass is 444 g/mol. The van der Waals surface area contributed by atoms with Crippen molar-refractivity contribution in [3.05, 3.63) is 60.7 Å². The Bertz CT molecular complexity index is 681. The molecule has 0 amide bonds. The van der Waals surface area contributed by atoms with Gasteiger partial charge in [0.15, 0.2) is 0 Å². The number of hydrogen-bond acceptors (Lipinski definition) is 1. The topological polar surface area (TPSA) is 20.2 Å². The Balaban J connectivity index is 1.89. The van der Waals surface area contributed by atoms with Crippen molar-refractivity contribution in [2.24, 2.45) is 5.41 Å². The van der Waals surface area contributed by atoms with Crippen LogP contribution in [0.4, 0.5) is 0 Å². The van der Waals surface area contributed by atoms with E-state index >= 15 is 0 Å². The van der Waals surface area contributed by atoms with E-state index in [0.29, 0.717) is 10.2 Å². The molecule has 3 heteroatoms. The van der Waals surface area contributed by atoms with Crippen LogP contribution in [0.5, 0.6) is 0 Å². The van der Waals surface area contributed by atoms with Gasteiger partial charge in [0.05, 0.1) is 0 Å². The molecule has 0 heterocycles. The van der Waals surface area contributed by atoms with Gasteiger partial charge >= 0.3 is 0 Å². The number of benzene rings is 2. The Kier molecular flexibility index (Phi) is 6.34. The van der Waals surface area contributed by atoms with E-state index in [9.17, 15) is 4.80 Å². The predicted octanol–water partition coefficient (Wildman–Crippen LogP) is 5.64. The van der Waals surface area contributed by atoms with Crippen molar-refractivity contribution in [2.75, 3.05) is 0 Å². The minimum atomic E-state index is -2.87. The highest BCUT2D eigenvalue weighted by Crippen LogP contribution is 2.47. The van der Waals surface area contributed by atoms with Crippen LogP contribution in [0.2, 0.25) is 5.04 Å². The Hall–Kier alpha value is -0.903. The molecule has 27 heavy (non-hydrogen) atoms. The third-order valence-corrected chi connectivity index (χ3v) is 12.3. The van der Waals surface area contributed by atoms with Gasteiger partial charge in [-0.15, -0.1) is 0 Å². The van der Waals surface area contributed by atoms with Crippen LogP contribution in [0.25, 0.3) is 0 Å². The Labute approximate surface area is 174 Å². The van der Waals surface area contributed by atoms with Crippen LogP contribution in [0.1, 0.15) is 59.3 Å². The minimum Gasteiger partial charge on any atom is -0.424 e. The molecule has 1 aliphatic rings. The summed E-state index contributed by atoms with van der Waals surface area (Å²) in [5.74, 6) is 0. The van der Waals surface area contributed by atoms with Gasteiger partial charge in [0, 0.05) is 4.83 Å². The molecule has 1 nitrogen and oxygen atoms in total. The molecular formula is C24H33BrOSi. The van der Waals surface area contributed by atoms with Crippen LogP contribution in [0, 0.1) is 5.41 Å². The highest BCUT2D eigenvalue weighted by atomic mass is 79.9. The van der Waals surface area contributed by atoms with E-state index in [1.54, 1.807) is 0 Å². The molecule has 1 N–H and O–H groups in total. The first kappa shape index (κ1) is 20.8. The van der Waals surface area contributed by atoms with E-state index < -0.39 is 8.32 Å². The van der Waals surface area contributed by atoms with Crippen molar-refractivity contribution in [1.82, 2.24) is 0 Å². The lowest BCUT2D eigenvalue weighted by Crippen LogP contribution is -2.65. The molecule has 0 bridgehead atoms. The molecule has 0 aliphatic heterocycles. The van der Waals surface area contributed by atoms with Gasteiger partial charge in [-0.3, -0.25) is 0 Å². The van der Waals surface area contributed by atoms with Crippen LogP contribution in [-0.2, 0) is 0 Å². The van der Waals surface area contributed by atoms with E-state index in [1.807, 2.05) is 12.1 Å². The maximum absolute atomic E-state index is 12.3. The van der Waals surface area contributed by atoms with Gasteiger partial charge in [-0.1, -0.05) is 97.4 Å². The van der Waals surface area contributed by atoms with E-state index in [0.717, 1.165) is 16.8 Å². The fourth-order valence-corrected chi connectivity index (χ4v) is 8.82. The number of rotatable bonds is 6. The summed E-state index contributed by atoms with van der Waals surface area (Å²) in [7, 11) is -2.87. The summed E-state index contributed by atoms with van der Waals surface area (Å²) in [5.41, 5.74) is 0.407. The van der Waals surface area contributed by atoms with Crippen molar-refractivity contribution in [2.45, 2.75) is 69.2 Å². The van der Waals surface area contributed by atoms with Gasteiger partial charge in [-0.25, -0.2) is 0 Å². The zero-order chi connectivity index (χ0) is 19.5. The highest BCUT2D eigenvalue weighted by molar-refractivity contribution is 9.09. The summed E-state index contributed by atoms with van der Waals surface area (Å²) in [6, 6.07) is 20.8. The Morgan fingerprint density at radius 3 is 1.85 bits per heavy atom. The summed E-state index contributed by atoms with van der Waals surface area (Å²) < 4.78 is 0. The maximum Gasteiger partial charge on any atom is 0.258 e. The lowest BCUT2D eigenvalue weighted by molar-refractivity contribution is 0.190. The third kappa shape index (κ3) is 4.41. The first-order chi connectivity index (χ1) is 12.8. The first-order valence-electron chi connectivity index (χ1n) is 10.2. The molecule has 1 saturated carbocycles. The summed E-state index contributed by atoms with van der Waals surface area (Å²) in [4.78, 5) is 13.0. The van der Waals surface area contributed by atoms with Crippen molar-refractivity contribution >= 4 is 34.6 Å². The van der Waals surface area contributed by atoms with E-state index in [2.05, 4.69) is 85.2 Å². The second-order valence-corrected chi connectivity index (χ2v) is 14.5.